The molecular formula is C16H24Cl2N2O3. The molecule has 0 bridgehead atoms. The second-order valence-electron chi connectivity index (χ2n) is 5.34. The maximum absolute atomic E-state index is 12.7. The molecule has 1 N–H and O–H groups in total. The molecule has 7 heteroatoms. The van der Waals surface area contributed by atoms with Crippen LogP contribution in [0.15, 0.2) is 18.2 Å². The summed E-state index contributed by atoms with van der Waals surface area (Å²) in [5, 5.41) is 3.80. The van der Waals surface area contributed by atoms with Crippen LogP contribution < -0.4 is 10.1 Å². The van der Waals surface area contributed by atoms with E-state index in [1.54, 1.807) is 25.3 Å². The van der Waals surface area contributed by atoms with Gasteiger partial charge in [-0.05, 0) is 38.1 Å². The molecule has 0 spiro atoms. The van der Waals surface area contributed by atoms with Crippen LogP contribution in [0.25, 0.3) is 0 Å². The Bertz CT molecular complexity index is 506. The van der Waals surface area contributed by atoms with Gasteiger partial charge in [-0.3, -0.25) is 4.79 Å². The van der Waals surface area contributed by atoms with Gasteiger partial charge >= 0.3 is 0 Å². The first-order chi connectivity index (χ1) is 10.7. The van der Waals surface area contributed by atoms with Gasteiger partial charge in [-0.2, -0.15) is 0 Å². The van der Waals surface area contributed by atoms with Crippen molar-refractivity contribution in [2.75, 3.05) is 40.5 Å². The Morgan fingerprint density at radius 1 is 1.35 bits per heavy atom. The summed E-state index contributed by atoms with van der Waals surface area (Å²) in [4.78, 5) is 14.6. The molecule has 23 heavy (non-hydrogen) atoms. The Labute approximate surface area is 148 Å². The molecule has 0 aromatic heterocycles. The summed E-state index contributed by atoms with van der Waals surface area (Å²) in [6.07, 6.45) is 1.92. The van der Waals surface area contributed by atoms with Gasteiger partial charge in [-0.1, -0.05) is 11.6 Å². The first-order valence-electron chi connectivity index (χ1n) is 7.53. The second kappa shape index (κ2) is 9.98. The van der Waals surface area contributed by atoms with Gasteiger partial charge in [0.1, 0.15) is 12.4 Å². The number of carbonyl (C=O) groups excluding carboxylic acids is 1. The van der Waals surface area contributed by atoms with E-state index in [0.29, 0.717) is 35.6 Å². The lowest BCUT2D eigenvalue weighted by Crippen LogP contribution is -2.44. The summed E-state index contributed by atoms with van der Waals surface area (Å²) in [7, 11) is 3.57. The molecule has 1 aliphatic heterocycles. The van der Waals surface area contributed by atoms with Gasteiger partial charge in [0.05, 0.1) is 12.2 Å². The van der Waals surface area contributed by atoms with Crippen molar-refractivity contribution in [3.8, 4) is 5.75 Å². The molecule has 130 valence electrons. The number of piperidine rings is 1. The van der Waals surface area contributed by atoms with Crippen molar-refractivity contribution in [2.24, 2.45) is 0 Å². The summed E-state index contributed by atoms with van der Waals surface area (Å²) in [6.45, 7) is 2.37. The number of methoxy groups -OCH3 is 1. The maximum Gasteiger partial charge on any atom is 0.257 e. The third-order valence-electron chi connectivity index (χ3n) is 3.91. The van der Waals surface area contributed by atoms with Crippen LogP contribution in [-0.2, 0) is 4.74 Å². The van der Waals surface area contributed by atoms with Crippen molar-refractivity contribution in [3.05, 3.63) is 28.8 Å². The quantitative estimate of drug-likeness (QED) is 0.790. The summed E-state index contributed by atoms with van der Waals surface area (Å²) in [5.41, 5.74) is 0.520. The molecule has 0 saturated carbocycles. The topological polar surface area (TPSA) is 50.8 Å². The van der Waals surface area contributed by atoms with Crippen molar-refractivity contribution >= 4 is 29.9 Å². The Morgan fingerprint density at radius 3 is 2.65 bits per heavy atom. The highest BCUT2D eigenvalue weighted by molar-refractivity contribution is 6.31. The van der Waals surface area contributed by atoms with E-state index in [2.05, 4.69) is 5.32 Å². The SMILES string of the molecule is CNC1CCN(C(=O)c2cc(Cl)ccc2OCCOC)CC1.Cl. The highest BCUT2D eigenvalue weighted by Gasteiger charge is 2.25. The molecule has 0 aliphatic carbocycles. The number of benzene rings is 1. The van der Waals surface area contributed by atoms with Crippen LogP contribution in [0.5, 0.6) is 5.75 Å². The zero-order valence-electron chi connectivity index (χ0n) is 13.5. The monoisotopic (exact) mass is 362 g/mol. The van der Waals surface area contributed by atoms with Crippen molar-refractivity contribution in [1.29, 1.82) is 0 Å². The van der Waals surface area contributed by atoms with Gasteiger partial charge in [0.15, 0.2) is 0 Å². The lowest BCUT2D eigenvalue weighted by atomic mass is 10.0. The molecule has 1 saturated heterocycles. The number of rotatable bonds is 6. The van der Waals surface area contributed by atoms with E-state index in [1.165, 1.54) is 0 Å². The number of carbonyl (C=O) groups is 1. The summed E-state index contributed by atoms with van der Waals surface area (Å²) < 4.78 is 10.6. The molecule has 0 unspecified atom stereocenters. The van der Waals surface area contributed by atoms with Crippen LogP contribution in [-0.4, -0.2) is 57.3 Å². The Morgan fingerprint density at radius 2 is 2.04 bits per heavy atom. The summed E-state index contributed by atoms with van der Waals surface area (Å²) in [5.74, 6) is 0.534. The first kappa shape index (κ1) is 20.0. The van der Waals surface area contributed by atoms with E-state index in [1.807, 2.05) is 11.9 Å². The van der Waals surface area contributed by atoms with Crippen LogP contribution in [0.3, 0.4) is 0 Å². The molecule has 1 heterocycles. The Hall–Kier alpha value is -1.01. The third-order valence-corrected chi connectivity index (χ3v) is 4.14. The van der Waals surface area contributed by atoms with Crippen LogP contribution in [0.2, 0.25) is 5.02 Å². The zero-order valence-corrected chi connectivity index (χ0v) is 15.1. The van der Waals surface area contributed by atoms with Crippen molar-refractivity contribution in [1.82, 2.24) is 10.2 Å². The first-order valence-corrected chi connectivity index (χ1v) is 7.91. The van der Waals surface area contributed by atoms with E-state index in [9.17, 15) is 4.79 Å². The number of halogens is 2. The zero-order chi connectivity index (χ0) is 15.9. The lowest BCUT2D eigenvalue weighted by Gasteiger charge is -2.32. The molecule has 1 amide bonds. The highest BCUT2D eigenvalue weighted by Crippen LogP contribution is 2.25. The van der Waals surface area contributed by atoms with Gasteiger partial charge < -0.3 is 19.7 Å². The third kappa shape index (κ3) is 5.53. The van der Waals surface area contributed by atoms with Gasteiger partial charge in [0, 0.05) is 31.3 Å². The lowest BCUT2D eigenvalue weighted by molar-refractivity contribution is 0.0700. The number of nitrogens with one attached hydrogen (secondary N) is 1. The number of hydrogen-bond donors (Lipinski definition) is 1. The molecule has 5 nitrogen and oxygen atoms in total. The molecular weight excluding hydrogens is 339 g/mol. The predicted molar refractivity (Wildman–Crippen MR) is 94.1 cm³/mol. The van der Waals surface area contributed by atoms with E-state index in [-0.39, 0.29) is 18.3 Å². The molecule has 1 aliphatic rings. The number of ether oxygens (including phenoxy) is 2. The molecule has 1 fully saturated rings. The standard InChI is InChI=1S/C16H23ClN2O3.ClH/c1-18-13-5-7-19(8-6-13)16(20)14-11-12(17)3-4-15(14)22-10-9-21-2;/h3-4,11,13,18H,5-10H2,1-2H3;1H. The number of amides is 1. The fourth-order valence-corrected chi connectivity index (χ4v) is 2.74. The molecule has 2 rings (SSSR count). The fraction of sp³-hybridized carbons (Fsp3) is 0.562. The predicted octanol–water partition coefficient (Wildman–Crippen LogP) is 2.61. The van der Waals surface area contributed by atoms with Crippen LogP contribution in [0.1, 0.15) is 23.2 Å². The summed E-state index contributed by atoms with van der Waals surface area (Å²) in [6, 6.07) is 5.64. The van der Waals surface area contributed by atoms with E-state index >= 15 is 0 Å². The molecule has 0 atom stereocenters. The van der Waals surface area contributed by atoms with Crippen molar-refractivity contribution < 1.29 is 14.3 Å². The van der Waals surface area contributed by atoms with E-state index in [0.717, 1.165) is 25.9 Å². The van der Waals surface area contributed by atoms with Crippen LogP contribution >= 0.6 is 24.0 Å². The average Bonchev–Trinajstić information content (AvgIpc) is 2.56. The minimum absolute atomic E-state index is 0. The second-order valence-corrected chi connectivity index (χ2v) is 5.77. The van der Waals surface area contributed by atoms with Gasteiger partial charge in [-0.15, -0.1) is 12.4 Å². The average molecular weight is 363 g/mol. The van der Waals surface area contributed by atoms with Crippen molar-refractivity contribution in [2.45, 2.75) is 18.9 Å². The van der Waals surface area contributed by atoms with E-state index < -0.39 is 0 Å². The van der Waals surface area contributed by atoms with E-state index in [4.69, 9.17) is 21.1 Å². The molecule has 0 radical (unpaired) electrons. The highest BCUT2D eigenvalue weighted by atomic mass is 35.5. The minimum Gasteiger partial charge on any atom is -0.490 e. The maximum atomic E-state index is 12.7. The Kier molecular flexibility index (Phi) is 8.69. The van der Waals surface area contributed by atoms with Crippen LogP contribution in [0, 0.1) is 0 Å². The van der Waals surface area contributed by atoms with Gasteiger partial charge in [0.25, 0.3) is 5.91 Å². The molecule has 1 aromatic carbocycles. The smallest absolute Gasteiger partial charge is 0.257 e. The molecule has 1 aromatic rings. The van der Waals surface area contributed by atoms with Crippen molar-refractivity contribution in [3.63, 3.8) is 0 Å². The van der Waals surface area contributed by atoms with Crippen LogP contribution in [0.4, 0.5) is 0 Å². The normalized spacial score (nSPS) is 15.2. The number of hydrogen-bond acceptors (Lipinski definition) is 4. The Balaban J connectivity index is 0.00000264. The minimum atomic E-state index is -0.0236. The van der Waals surface area contributed by atoms with Gasteiger partial charge in [-0.25, -0.2) is 0 Å². The number of nitrogens with zero attached hydrogens (tertiary/aromatic N) is 1. The number of likely N-dealkylation sites (tertiary alicyclic amines) is 1. The summed E-state index contributed by atoms with van der Waals surface area (Å²) >= 11 is 6.05. The largest absolute Gasteiger partial charge is 0.490 e. The fourth-order valence-electron chi connectivity index (χ4n) is 2.57. The van der Waals surface area contributed by atoms with Gasteiger partial charge in [0.2, 0.25) is 0 Å².